The van der Waals surface area contributed by atoms with Crippen LogP contribution < -0.4 is 10.5 Å². The lowest BCUT2D eigenvalue weighted by molar-refractivity contribution is 0.333. The Hall–Kier alpha value is -1.02. The summed E-state index contributed by atoms with van der Waals surface area (Å²) in [5.41, 5.74) is 8.47. The van der Waals surface area contributed by atoms with Gasteiger partial charge in [-0.3, -0.25) is 0 Å². The molecule has 0 saturated heterocycles. The van der Waals surface area contributed by atoms with Gasteiger partial charge >= 0.3 is 0 Å². The molecule has 0 spiro atoms. The van der Waals surface area contributed by atoms with Crippen LogP contribution in [0.4, 0.5) is 0 Å². The standard InChI is InChI=1S/C12H17NO/c1-3-8(2)9-4-5-12-10(6-9)11(13)7-14-12/h4-6,8,11H,3,7,13H2,1-2H3. The van der Waals surface area contributed by atoms with Crippen LogP contribution in [0.2, 0.25) is 0 Å². The van der Waals surface area contributed by atoms with Crippen LogP contribution in [0, 0.1) is 0 Å². The minimum Gasteiger partial charge on any atom is -0.491 e. The molecule has 2 atom stereocenters. The van der Waals surface area contributed by atoms with E-state index < -0.39 is 0 Å². The van der Waals surface area contributed by atoms with Crippen LogP contribution >= 0.6 is 0 Å². The first-order chi connectivity index (χ1) is 6.72. The summed E-state index contributed by atoms with van der Waals surface area (Å²) in [6.45, 7) is 5.07. The van der Waals surface area contributed by atoms with Gasteiger partial charge in [0.1, 0.15) is 12.4 Å². The monoisotopic (exact) mass is 191 g/mol. The van der Waals surface area contributed by atoms with Crippen LogP contribution in [-0.4, -0.2) is 6.61 Å². The van der Waals surface area contributed by atoms with Crippen LogP contribution in [0.5, 0.6) is 5.75 Å². The van der Waals surface area contributed by atoms with E-state index in [0.717, 1.165) is 12.2 Å². The van der Waals surface area contributed by atoms with Gasteiger partial charge in [0, 0.05) is 5.56 Å². The molecule has 2 N–H and O–H groups in total. The third-order valence-corrected chi connectivity index (χ3v) is 3.03. The number of rotatable bonds is 2. The van der Waals surface area contributed by atoms with E-state index >= 15 is 0 Å². The van der Waals surface area contributed by atoms with Crippen molar-refractivity contribution in [3.63, 3.8) is 0 Å². The molecule has 76 valence electrons. The van der Waals surface area contributed by atoms with E-state index in [1.807, 2.05) is 6.07 Å². The molecule has 1 aliphatic rings. The van der Waals surface area contributed by atoms with Crippen molar-refractivity contribution in [2.45, 2.75) is 32.2 Å². The summed E-state index contributed by atoms with van der Waals surface area (Å²) in [6.07, 6.45) is 1.16. The second-order valence-corrected chi connectivity index (χ2v) is 4.02. The Morgan fingerprint density at radius 1 is 1.57 bits per heavy atom. The molecule has 0 saturated carbocycles. The maximum Gasteiger partial charge on any atom is 0.124 e. The molecule has 0 fully saturated rings. The maximum absolute atomic E-state index is 5.93. The van der Waals surface area contributed by atoms with Crippen LogP contribution in [0.3, 0.4) is 0 Å². The Balaban J connectivity index is 2.34. The van der Waals surface area contributed by atoms with Crippen molar-refractivity contribution in [1.29, 1.82) is 0 Å². The van der Waals surface area contributed by atoms with Gasteiger partial charge in [-0.2, -0.15) is 0 Å². The van der Waals surface area contributed by atoms with Gasteiger partial charge in [0.2, 0.25) is 0 Å². The molecule has 2 heteroatoms. The van der Waals surface area contributed by atoms with E-state index in [-0.39, 0.29) is 6.04 Å². The van der Waals surface area contributed by atoms with E-state index in [1.54, 1.807) is 0 Å². The van der Waals surface area contributed by atoms with Crippen molar-refractivity contribution < 1.29 is 4.74 Å². The number of hydrogen-bond acceptors (Lipinski definition) is 2. The van der Waals surface area contributed by atoms with Crippen molar-refractivity contribution in [2.24, 2.45) is 5.73 Å². The van der Waals surface area contributed by atoms with E-state index in [9.17, 15) is 0 Å². The molecule has 1 aromatic rings. The number of nitrogens with two attached hydrogens (primary N) is 1. The minimum atomic E-state index is 0.0639. The van der Waals surface area contributed by atoms with E-state index in [1.165, 1.54) is 11.1 Å². The zero-order valence-electron chi connectivity index (χ0n) is 8.79. The molecule has 0 radical (unpaired) electrons. The zero-order valence-corrected chi connectivity index (χ0v) is 8.79. The Morgan fingerprint density at radius 3 is 3.07 bits per heavy atom. The highest BCUT2D eigenvalue weighted by molar-refractivity contribution is 5.42. The summed E-state index contributed by atoms with van der Waals surface area (Å²) in [6, 6.07) is 6.45. The van der Waals surface area contributed by atoms with E-state index in [4.69, 9.17) is 10.5 Å². The highest BCUT2D eigenvalue weighted by atomic mass is 16.5. The van der Waals surface area contributed by atoms with Gasteiger partial charge in [-0.25, -0.2) is 0 Å². The summed E-state index contributed by atoms with van der Waals surface area (Å²) in [5.74, 6) is 1.57. The molecular weight excluding hydrogens is 174 g/mol. The van der Waals surface area contributed by atoms with Crippen LogP contribution in [-0.2, 0) is 0 Å². The van der Waals surface area contributed by atoms with Gasteiger partial charge in [0.25, 0.3) is 0 Å². The summed E-state index contributed by atoms with van der Waals surface area (Å²) in [5, 5.41) is 0. The van der Waals surface area contributed by atoms with Gasteiger partial charge in [0.15, 0.2) is 0 Å². The fourth-order valence-corrected chi connectivity index (χ4v) is 1.80. The number of ether oxygens (including phenoxy) is 1. The predicted octanol–water partition coefficient (Wildman–Crippen LogP) is 2.59. The van der Waals surface area contributed by atoms with Crippen LogP contribution in [0.1, 0.15) is 43.4 Å². The maximum atomic E-state index is 5.93. The molecule has 0 bridgehead atoms. The summed E-state index contributed by atoms with van der Waals surface area (Å²) >= 11 is 0. The Kier molecular flexibility index (Phi) is 2.46. The molecule has 1 aromatic carbocycles. The fourth-order valence-electron chi connectivity index (χ4n) is 1.80. The second kappa shape index (κ2) is 3.62. The summed E-state index contributed by atoms with van der Waals surface area (Å²) in [4.78, 5) is 0. The topological polar surface area (TPSA) is 35.2 Å². The first kappa shape index (κ1) is 9.53. The van der Waals surface area contributed by atoms with Crippen molar-refractivity contribution in [1.82, 2.24) is 0 Å². The van der Waals surface area contributed by atoms with Crippen molar-refractivity contribution in [2.75, 3.05) is 6.61 Å². The Labute approximate surface area is 85.1 Å². The Bertz CT molecular complexity index is 335. The van der Waals surface area contributed by atoms with Gasteiger partial charge in [-0.1, -0.05) is 26.0 Å². The number of hydrogen-bond donors (Lipinski definition) is 1. The second-order valence-electron chi connectivity index (χ2n) is 4.02. The summed E-state index contributed by atoms with van der Waals surface area (Å²) in [7, 11) is 0. The zero-order chi connectivity index (χ0) is 10.1. The summed E-state index contributed by atoms with van der Waals surface area (Å²) < 4.78 is 5.45. The highest BCUT2D eigenvalue weighted by Gasteiger charge is 2.21. The third kappa shape index (κ3) is 1.50. The van der Waals surface area contributed by atoms with E-state index in [2.05, 4.69) is 26.0 Å². The van der Waals surface area contributed by atoms with Crippen molar-refractivity contribution in [3.8, 4) is 5.75 Å². The molecule has 0 aliphatic carbocycles. The predicted molar refractivity (Wildman–Crippen MR) is 57.6 cm³/mol. The van der Waals surface area contributed by atoms with Crippen LogP contribution in [0.15, 0.2) is 18.2 Å². The van der Waals surface area contributed by atoms with Crippen molar-refractivity contribution >= 4 is 0 Å². The lowest BCUT2D eigenvalue weighted by Crippen LogP contribution is -2.11. The average molecular weight is 191 g/mol. The normalized spacial score (nSPS) is 21.5. The largest absolute Gasteiger partial charge is 0.491 e. The lowest BCUT2D eigenvalue weighted by atomic mass is 9.95. The van der Waals surface area contributed by atoms with Crippen molar-refractivity contribution in [3.05, 3.63) is 29.3 Å². The average Bonchev–Trinajstić information content (AvgIpc) is 2.59. The Morgan fingerprint density at radius 2 is 2.36 bits per heavy atom. The molecule has 0 amide bonds. The molecule has 1 heterocycles. The minimum absolute atomic E-state index is 0.0639. The van der Waals surface area contributed by atoms with Crippen LogP contribution in [0.25, 0.3) is 0 Å². The smallest absolute Gasteiger partial charge is 0.124 e. The highest BCUT2D eigenvalue weighted by Crippen LogP contribution is 2.33. The van der Waals surface area contributed by atoms with Gasteiger partial charge < -0.3 is 10.5 Å². The molecule has 2 nitrogen and oxygen atoms in total. The quantitative estimate of drug-likeness (QED) is 0.779. The van der Waals surface area contributed by atoms with Gasteiger partial charge in [0.05, 0.1) is 6.04 Å². The molecule has 2 unspecified atom stereocenters. The van der Waals surface area contributed by atoms with Gasteiger partial charge in [-0.05, 0) is 24.0 Å². The molecule has 0 aromatic heterocycles. The first-order valence-electron chi connectivity index (χ1n) is 5.24. The third-order valence-electron chi connectivity index (χ3n) is 3.03. The molecule has 1 aliphatic heterocycles. The molecule has 2 rings (SSSR count). The number of benzene rings is 1. The molecule has 14 heavy (non-hydrogen) atoms. The molecular formula is C12H17NO. The SMILES string of the molecule is CCC(C)c1ccc2c(c1)C(N)CO2. The number of fused-ring (bicyclic) bond motifs is 1. The fraction of sp³-hybridized carbons (Fsp3) is 0.500. The lowest BCUT2D eigenvalue weighted by Gasteiger charge is -2.10. The first-order valence-corrected chi connectivity index (χ1v) is 5.24. The van der Waals surface area contributed by atoms with Gasteiger partial charge in [-0.15, -0.1) is 0 Å². The van der Waals surface area contributed by atoms with E-state index in [0.29, 0.717) is 12.5 Å².